The first-order valence-corrected chi connectivity index (χ1v) is 10.1. The highest BCUT2D eigenvalue weighted by molar-refractivity contribution is 9.10. The van der Waals surface area contributed by atoms with Crippen LogP contribution < -0.4 is 10.1 Å². The SMILES string of the molecule is Cc1nn(CCCNC(=O)c2ccc(COc3ccc(Br)cc3)o2)c(C)c1Cl. The van der Waals surface area contributed by atoms with E-state index in [4.69, 9.17) is 20.8 Å². The summed E-state index contributed by atoms with van der Waals surface area (Å²) in [6, 6.07) is 10.9. The van der Waals surface area contributed by atoms with E-state index in [2.05, 4.69) is 26.3 Å². The summed E-state index contributed by atoms with van der Waals surface area (Å²) in [7, 11) is 0. The fourth-order valence-corrected chi connectivity index (χ4v) is 3.07. The number of halogens is 2. The number of amides is 1. The molecule has 1 N–H and O–H groups in total. The third-order valence-corrected chi connectivity index (χ3v) is 5.28. The van der Waals surface area contributed by atoms with Crippen LogP contribution in [0.5, 0.6) is 5.75 Å². The molecular formula is C20H21BrClN3O3. The predicted molar refractivity (Wildman–Crippen MR) is 111 cm³/mol. The van der Waals surface area contributed by atoms with E-state index >= 15 is 0 Å². The van der Waals surface area contributed by atoms with Crippen LogP contribution in [-0.2, 0) is 13.2 Å². The number of furan rings is 1. The predicted octanol–water partition coefficient (Wildman–Crippen LogP) is 4.91. The average Bonchev–Trinajstić information content (AvgIpc) is 3.26. The minimum absolute atomic E-state index is 0.249. The van der Waals surface area contributed by atoms with Crippen molar-refractivity contribution in [3.05, 3.63) is 68.8 Å². The molecule has 0 radical (unpaired) electrons. The van der Waals surface area contributed by atoms with Gasteiger partial charge in [0.1, 0.15) is 18.1 Å². The van der Waals surface area contributed by atoms with Crippen molar-refractivity contribution < 1.29 is 13.9 Å². The molecule has 0 fully saturated rings. The number of carbonyl (C=O) groups excluding carboxylic acids is 1. The Morgan fingerprint density at radius 3 is 2.68 bits per heavy atom. The summed E-state index contributed by atoms with van der Waals surface area (Å²) in [4.78, 5) is 12.2. The molecule has 8 heteroatoms. The highest BCUT2D eigenvalue weighted by Gasteiger charge is 2.12. The van der Waals surface area contributed by atoms with E-state index in [-0.39, 0.29) is 18.3 Å². The Morgan fingerprint density at radius 1 is 1.25 bits per heavy atom. The van der Waals surface area contributed by atoms with Gasteiger partial charge in [0.25, 0.3) is 5.91 Å². The number of nitrogens with one attached hydrogen (secondary N) is 1. The molecule has 0 aliphatic carbocycles. The van der Waals surface area contributed by atoms with Crippen molar-refractivity contribution in [2.45, 2.75) is 33.4 Å². The zero-order valence-corrected chi connectivity index (χ0v) is 18.0. The van der Waals surface area contributed by atoms with Crippen molar-refractivity contribution in [3.63, 3.8) is 0 Å². The van der Waals surface area contributed by atoms with Crippen LogP contribution in [0, 0.1) is 13.8 Å². The molecule has 6 nitrogen and oxygen atoms in total. The number of aryl methyl sites for hydroxylation is 2. The van der Waals surface area contributed by atoms with Gasteiger partial charge in [-0.3, -0.25) is 9.48 Å². The minimum atomic E-state index is -0.249. The first kappa shape index (κ1) is 20.5. The second kappa shape index (κ2) is 9.30. The molecular weight excluding hydrogens is 446 g/mol. The van der Waals surface area contributed by atoms with Crippen molar-refractivity contribution in [3.8, 4) is 5.75 Å². The van der Waals surface area contributed by atoms with E-state index in [1.807, 2.05) is 42.8 Å². The number of hydrogen-bond donors (Lipinski definition) is 1. The average molecular weight is 467 g/mol. The number of nitrogens with zero attached hydrogens (tertiary/aromatic N) is 2. The monoisotopic (exact) mass is 465 g/mol. The van der Waals surface area contributed by atoms with Crippen LogP contribution in [0.2, 0.25) is 5.02 Å². The molecule has 3 aromatic rings. The van der Waals surface area contributed by atoms with Crippen molar-refractivity contribution in [1.29, 1.82) is 0 Å². The van der Waals surface area contributed by atoms with Crippen LogP contribution >= 0.6 is 27.5 Å². The molecule has 2 heterocycles. The van der Waals surface area contributed by atoms with Gasteiger partial charge in [0.15, 0.2) is 5.76 Å². The largest absolute Gasteiger partial charge is 0.486 e. The summed E-state index contributed by atoms with van der Waals surface area (Å²) in [5.74, 6) is 1.34. The minimum Gasteiger partial charge on any atom is -0.486 e. The topological polar surface area (TPSA) is 69.3 Å². The normalized spacial score (nSPS) is 10.9. The Balaban J connectivity index is 1.43. The van der Waals surface area contributed by atoms with Crippen LogP contribution in [0.4, 0.5) is 0 Å². The first-order chi connectivity index (χ1) is 13.4. The van der Waals surface area contributed by atoms with Gasteiger partial charge in [-0.25, -0.2) is 0 Å². The van der Waals surface area contributed by atoms with E-state index in [0.717, 1.165) is 28.0 Å². The summed E-state index contributed by atoms with van der Waals surface area (Å²) in [5, 5.41) is 7.92. The summed E-state index contributed by atoms with van der Waals surface area (Å²) >= 11 is 9.52. The van der Waals surface area contributed by atoms with E-state index in [1.54, 1.807) is 12.1 Å². The highest BCUT2D eigenvalue weighted by atomic mass is 79.9. The van der Waals surface area contributed by atoms with Crippen LogP contribution in [0.3, 0.4) is 0 Å². The van der Waals surface area contributed by atoms with Crippen LogP contribution in [0.15, 0.2) is 45.3 Å². The molecule has 3 rings (SSSR count). The van der Waals surface area contributed by atoms with Crippen LogP contribution in [0.25, 0.3) is 0 Å². The van der Waals surface area contributed by atoms with Gasteiger partial charge in [-0.1, -0.05) is 27.5 Å². The lowest BCUT2D eigenvalue weighted by Gasteiger charge is -2.06. The Kier molecular flexibility index (Phi) is 6.80. The fraction of sp³-hybridized carbons (Fsp3) is 0.300. The number of hydrogen-bond acceptors (Lipinski definition) is 4. The Morgan fingerprint density at radius 2 is 2.00 bits per heavy atom. The van der Waals surface area contributed by atoms with E-state index in [1.165, 1.54) is 0 Å². The van der Waals surface area contributed by atoms with Gasteiger partial charge in [0, 0.05) is 17.6 Å². The molecule has 0 bridgehead atoms. The smallest absolute Gasteiger partial charge is 0.286 e. The molecule has 0 unspecified atom stereocenters. The quantitative estimate of drug-likeness (QED) is 0.479. The maximum atomic E-state index is 12.2. The number of rotatable bonds is 8. The summed E-state index contributed by atoms with van der Waals surface area (Å²) in [6.07, 6.45) is 0.740. The lowest BCUT2D eigenvalue weighted by atomic mass is 10.3. The van der Waals surface area contributed by atoms with E-state index < -0.39 is 0 Å². The van der Waals surface area contributed by atoms with Crippen molar-refractivity contribution in [2.24, 2.45) is 0 Å². The fourth-order valence-electron chi connectivity index (χ4n) is 2.67. The van der Waals surface area contributed by atoms with Crippen LogP contribution in [0.1, 0.15) is 34.1 Å². The van der Waals surface area contributed by atoms with Crippen molar-refractivity contribution in [1.82, 2.24) is 15.1 Å². The number of carbonyl (C=O) groups is 1. The van der Waals surface area contributed by atoms with Gasteiger partial charge in [-0.15, -0.1) is 0 Å². The maximum Gasteiger partial charge on any atom is 0.286 e. The molecule has 0 spiro atoms. The molecule has 28 heavy (non-hydrogen) atoms. The second-order valence-electron chi connectivity index (χ2n) is 6.33. The summed E-state index contributed by atoms with van der Waals surface area (Å²) < 4.78 is 14.0. The molecule has 148 valence electrons. The Labute approximate surface area is 176 Å². The number of ether oxygens (including phenoxy) is 1. The van der Waals surface area contributed by atoms with Crippen molar-refractivity contribution >= 4 is 33.4 Å². The lowest BCUT2D eigenvalue weighted by Crippen LogP contribution is -2.25. The number of benzene rings is 1. The zero-order valence-electron chi connectivity index (χ0n) is 15.7. The Bertz CT molecular complexity index is 950. The van der Waals surface area contributed by atoms with Gasteiger partial charge in [0.2, 0.25) is 0 Å². The van der Waals surface area contributed by atoms with Gasteiger partial charge < -0.3 is 14.5 Å². The second-order valence-corrected chi connectivity index (χ2v) is 7.62. The van der Waals surface area contributed by atoms with Crippen LogP contribution in [-0.4, -0.2) is 22.2 Å². The zero-order chi connectivity index (χ0) is 20.1. The molecule has 0 atom stereocenters. The third kappa shape index (κ3) is 5.17. The molecule has 0 saturated heterocycles. The number of aromatic nitrogens is 2. The summed E-state index contributed by atoms with van der Waals surface area (Å²) in [5.41, 5.74) is 1.75. The van der Waals surface area contributed by atoms with Gasteiger partial charge in [-0.2, -0.15) is 5.10 Å². The van der Waals surface area contributed by atoms with E-state index in [9.17, 15) is 4.79 Å². The third-order valence-electron chi connectivity index (χ3n) is 4.21. The molecule has 0 aliphatic rings. The molecule has 0 saturated carbocycles. The van der Waals surface area contributed by atoms with Gasteiger partial charge in [-0.05, 0) is 56.7 Å². The summed E-state index contributed by atoms with van der Waals surface area (Å²) in [6.45, 7) is 5.27. The first-order valence-electron chi connectivity index (χ1n) is 8.89. The molecule has 0 aliphatic heterocycles. The Hall–Kier alpha value is -2.25. The molecule has 1 aromatic carbocycles. The maximum absolute atomic E-state index is 12.2. The van der Waals surface area contributed by atoms with E-state index in [0.29, 0.717) is 23.9 Å². The van der Waals surface area contributed by atoms with Gasteiger partial charge in [0.05, 0.1) is 16.4 Å². The van der Waals surface area contributed by atoms with Crippen molar-refractivity contribution in [2.75, 3.05) is 6.54 Å². The van der Waals surface area contributed by atoms with Gasteiger partial charge >= 0.3 is 0 Å². The molecule has 1 amide bonds. The standard InChI is InChI=1S/C20H21BrClN3O3/c1-13-19(22)14(2)25(24-13)11-3-10-23-20(26)18-9-8-17(28-18)12-27-16-6-4-15(21)5-7-16/h4-9H,3,10-12H2,1-2H3,(H,23,26). The molecule has 2 aromatic heterocycles. The lowest BCUT2D eigenvalue weighted by molar-refractivity contribution is 0.0921. The highest BCUT2D eigenvalue weighted by Crippen LogP contribution is 2.19.